The Morgan fingerprint density at radius 1 is 1.33 bits per heavy atom. The highest BCUT2D eigenvalue weighted by atomic mass is 19.3. The molecule has 0 saturated carbocycles. The Morgan fingerprint density at radius 2 is 2.11 bits per heavy atom. The maximum atomic E-state index is 13.1. The number of carbonyl (C=O) groups is 2. The average molecular weight is 383 g/mol. The van der Waals surface area contributed by atoms with Crippen LogP contribution >= 0.6 is 0 Å². The molecule has 27 heavy (non-hydrogen) atoms. The van der Waals surface area contributed by atoms with E-state index in [2.05, 4.69) is 15.6 Å². The smallest absolute Gasteiger partial charge is 0.387 e. The number of carbonyl (C=O) groups excluding carboxylic acids is 1. The Balaban J connectivity index is 1.76. The van der Waals surface area contributed by atoms with Crippen LogP contribution in [0.25, 0.3) is 0 Å². The quantitative estimate of drug-likeness (QED) is 0.716. The van der Waals surface area contributed by atoms with Crippen LogP contribution < -0.4 is 15.6 Å². The third-order valence-corrected chi connectivity index (χ3v) is 5.06. The fourth-order valence-electron chi connectivity index (χ4n) is 3.87. The largest absolute Gasteiger partial charge is 0.481 e. The third-order valence-electron chi connectivity index (χ3n) is 5.06. The van der Waals surface area contributed by atoms with E-state index in [1.54, 1.807) is 17.0 Å². The summed E-state index contributed by atoms with van der Waals surface area (Å²) in [6.45, 7) is 0.0846. The van der Waals surface area contributed by atoms with Crippen molar-refractivity contribution >= 4 is 11.9 Å². The van der Waals surface area contributed by atoms with E-state index >= 15 is 0 Å². The zero-order valence-electron chi connectivity index (χ0n) is 14.9. The number of carboxylic acid groups (broad SMARTS) is 1. The number of likely N-dealkylation sites (tertiary alicyclic amines) is 1. The number of alkyl halides is 2. The summed E-state index contributed by atoms with van der Waals surface area (Å²) in [7, 11) is 0. The van der Waals surface area contributed by atoms with Crippen molar-refractivity contribution in [1.29, 1.82) is 0 Å². The van der Waals surface area contributed by atoms with Crippen LogP contribution in [-0.4, -0.2) is 48.1 Å². The zero-order chi connectivity index (χ0) is 19.6. The van der Waals surface area contributed by atoms with E-state index in [0.717, 1.165) is 0 Å². The van der Waals surface area contributed by atoms with Crippen molar-refractivity contribution < 1.29 is 28.2 Å². The molecule has 1 aromatic carbocycles. The number of aliphatic carboxylic acids is 1. The number of hydrogen-bond donors (Lipinski definition) is 3. The maximum absolute atomic E-state index is 13.1. The highest BCUT2D eigenvalue weighted by Crippen LogP contribution is 2.31. The summed E-state index contributed by atoms with van der Waals surface area (Å²) in [6, 6.07) is 5.83. The van der Waals surface area contributed by atoms with E-state index in [1.165, 1.54) is 12.1 Å². The number of nitrogens with one attached hydrogen (secondary N) is 2. The summed E-state index contributed by atoms with van der Waals surface area (Å²) in [5, 5.41) is 9.32. The van der Waals surface area contributed by atoms with Gasteiger partial charge in [0.25, 0.3) is 0 Å². The van der Waals surface area contributed by atoms with Gasteiger partial charge in [0.05, 0.1) is 17.9 Å². The molecule has 0 radical (unpaired) electrons. The van der Waals surface area contributed by atoms with E-state index in [-0.39, 0.29) is 24.1 Å². The van der Waals surface area contributed by atoms with Gasteiger partial charge in [0, 0.05) is 19.6 Å². The lowest BCUT2D eigenvalue weighted by atomic mass is 9.88. The lowest BCUT2D eigenvalue weighted by Crippen LogP contribution is -2.48. The van der Waals surface area contributed by atoms with Gasteiger partial charge in [-0.25, -0.2) is 5.43 Å². The van der Waals surface area contributed by atoms with Gasteiger partial charge in [-0.3, -0.25) is 15.0 Å². The van der Waals surface area contributed by atoms with E-state index in [9.17, 15) is 23.5 Å². The van der Waals surface area contributed by atoms with Crippen molar-refractivity contribution in [2.24, 2.45) is 17.8 Å². The molecule has 2 aliphatic rings. The first-order valence-electron chi connectivity index (χ1n) is 8.90. The SMILES string of the molecule is CC1CC(C(=O)O)CN(C(=O)C2CNNC2c2cccc(OC(F)F)c2)C1. The zero-order valence-corrected chi connectivity index (χ0v) is 14.9. The van der Waals surface area contributed by atoms with Crippen LogP contribution in [0.2, 0.25) is 0 Å². The molecule has 9 heteroatoms. The van der Waals surface area contributed by atoms with Gasteiger partial charge >= 0.3 is 12.6 Å². The predicted octanol–water partition coefficient (Wildman–Crippen LogP) is 1.62. The summed E-state index contributed by atoms with van der Waals surface area (Å²) in [5.74, 6) is -1.94. The molecule has 3 rings (SSSR count). The molecule has 0 aliphatic carbocycles. The first-order valence-corrected chi connectivity index (χ1v) is 8.90. The molecule has 2 fully saturated rings. The third kappa shape index (κ3) is 4.54. The number of hydrogen-bond acceptors (Lipinski definition) is 5. The highest BCUT2D eigenvalue weighted by molar-refractivity contribution is 5.81. The topological polar surface area (TPSA) is 90.9 Å². The molecule has 4 unspecified atom stereocenters. The number of amides is 1. The molecule has 1 amide bonds. The molecule has 2 aliphatic heterocycles. The second-order valence-corrected chi connectivity index (χ2v) is 7.18. The van der Waals surface area contributed by atoms with Crippen LogP contribution in [0, 0.1) is 17.8 Å². The Morgan fingerprint density at radius 3 is 2.81 bits per heavy atom. The number of benzene rings is 1. The summed E-state index contributed by atoms with van der Waals surface area (Å²) in [5.41, 5.74) is 6.60. The Labute approximate surface area is 155 Å². The molecule has 2 saturated heterocycles. The second-order valence-electron chi connectivity index (χ2n) is 7.18. The van der Waals surface area contributed by atoms with Crippen LogP contribution in [0.5, 0.6) is 5.75 Å². The number of rotatable bonds is 5. The van der Waals surface area contributed by atoms with Crippen molar-refractivity contribution in [3.63, 3.8) is 0 Å². The van der Waals surface area contributed by atoms with Crippen molar-refractivity contribution in [3.8, 4) is 5.75 Å². The van der Waals surface area contributed by atoms with E-state index < -0.39 is 30.5 Å². The highest BCUT2D eigenvalue weighted by Gasteiger charge is 2.40. The standard InChI is InChI=1S/C18H23F2N3O4/c1-10-5-12(17(25)26)9-23(8-10)16(24)14-7-21-22-15(14)11-3-2-4-13(6-11)27-18(19)20/h2-4,6,10,12,14-15,18,21-22H,5,7-9H2,1H3,(H,25,26). The van der Waals surface area contributed by atoms with E-state index in [4.69, 9.17) is 0 Å². The monoisotopic (exact) mass is 383 g/mol. The lowest BCUT2D eigenvalue weighted by Gasteiger charge is -2.36. The molecule has 148 valence electrons. The molecular weight excluding hydrogens is 360 g/mol. The first-order chi connectivity index (χ1) is 12.8. The fraction of sp³-hybridized carbons (Fsp3) is 0.556. The van der Waals surface area contributed by atoms with Crippen LogP contribution in [0.3, 0.4) is 0 Å². The van der Waals surface area contributed by atoms with Crippen molar-refractivity contribution in [2.75, 3.05) is 19.6 Å². The molecule has 0 bridgehead atoms. The lowest BCUT2D eigenvalue weighted by molar-refractivity contribution is -0.148. The number of nitrogens with zero attached hydrogens (tertiary/aromatic N) is 1. The van der Waals surface area contributed by atoms with Crippen molar-refractivity contribution in [2.45, 2.75) is 26.0 Å². The predicted molar refractivity (Wildman–Crippen MR) is 91.9 cm³/mol. The summed E-state index contributed by atoms with van der Waals surface area (Å²) in [6.07, 6.45) is 0.552. The number of piperidine rings is 1. The van der Waals surface area contributed by atoms with Gasteiger partial charge in [0.2, 0.25) is 5.91 Å². The number of hydrazine groups is 1. The van der Waals surface area contributed by atoms with Crippen LogP contribution in [-0.2, 0) is 9.59 Å². The molecule has 0 aromatic heterocycles. The minimum Gasteiger partial charge on any atom is -0.481 e. The van der Waals surface area contributed by atoms with Gasteiger partial charge in [0.1, 0.15) is 5.75 Å². The second kappa shape index (κ2) is 8.18. The molecule has 0 spiro atoms. The summed E-state index contributed by atoms with van der Waals surface area (Å²) in [4.78, 5) is 26.0. The number of carboxylic acids is 1. The maximum Gasteiger partial charge on any atom is 0.387 e. The Kier molecular flexibility index (Phi) is 5.91. The number of halogens is 2. The van der Waals surface area contributed by atoms with Gasteiger partial charge in [-0.15, -0.1) is 0 Å². The van der Waals surface area contributed by atoms with Gasteiger partial charge in [-0.05, 0) is 30.0 Å². The minimum absolute atomic E-state index is 0.0277. The van der Waals surface area contributed by atoms with Gasteiger partial charge in [0.15, 0.2) is 0 Å². The first kappa shape index (κ1) is 19.5. The van der Waals surface area contributed by atoms with E-state index in [1.807, 2.05) is 6.92 Å². The fourth-order valence-corrected chi connectivity index (χ4v) is 3.87. The van der Waals surface area contributed by atoms with Crippen LogP contribution in [0.1, 0.15) is 24.9 Å². The molecule has 7 nitrogen and oxygen atoms in total. The van der Waals surface area contributed by atoms with Gasteiger partial charge in [-0.2, -0.15) is 8.78 Å². The number of ether oxygens (including phenoxy) is 1. The molecular formula is C18H23F2N3O4. The molecule has 1 aromatic rings. The van der Waals surface area contributed by atoms with E-state index in [0.29, 0.717) is 25.1 Å². The summed E-state index contributed by atoms with van der Waals surface area (Å²) >= 11 is 0. The van der Waals surface area contributed by atoms with Crippen LogP contribution in [0.4, 0.5) is 8.78 Å². The average Bonchev–Trinajstić information content (AvgIpc) is 3.10. The van der Waals surface area contributed by atoms with Crippen molar-refractivity contribution in [1.82, 2.24) is 15.8 Å². The summed E-state index contributed by atoms with van der Waals surface area (Å²) < 4.78 is 29.4. The minimum atomic E-state index is -2.92. The molecule has 4 atom stereocenters. The van der Waals surface area contributed by atoms with Gasteiger partial charge in [-0.1, -0.05) is 19.1 Å². The Hall–Kier alpha value is -2.26. The molecule has 3 N–H and O–H groups in total. The molecule has 2 heterocycles. The normalized spacial score (nSPS) is 28.4. The van der Waals surface area contributed by atoms with Crippen molar-refractivity contribution in [3.05, 3.63) is 29.8 Å². The Bertz CT molecular complexity index is 703. The van der Waals surface area contributed by atoms with Gasteiger partial charge < -0.3 is 14.7 Å². The van der Waals surface area contributed by atoms with Crippen LogP contribution in [0.15, 0.2) is 24.3 Å².